The van der Waals surface area contributed by atoms with E-state index in [9.17, 15) is 0 Å². The van der Waals surface area contributed by atoms with Crippen LogP contribution in [0.2, 0.25) is 0 Å². The molecule has 0 bridgehead atoms. The van der Waals surface area contributed by atoms with E-state index in [4.69, 9.17) is 4.74 Å². The van der Waals surface area contributed by atoms with Gasteiger partial charge in [-0.05, 0) is 51.8 Å². The average molecular weight is 324 g/mol. The average Bonchev–Trinajstić information content (AvgIpc) is 2.82. The van der Waals surface area contributed by atoms with Crippen LogP contribution in [0, 0.1) is 0 Å². The van der Waals surface area contributed by atoms with Gasteiger partial charge >= 0.3 is 0 Å². The topological polar surface area (TPSA) is 21.3 Å². The number of fused-ring (bicyclic) bond motifs is 1. The maximum Gasteiger partial charge on any atom is 0.143 e. The fourth-order valence-corrected chi connectivity index (χ4v) is 3.37. The number of thiophene rings is 1. The molecule has 1 aromatic carbocycles. The van der Waals surface area contributed by atoms with Crippen LogP contribution in [0.25, 0.3) is 0 Å². The van der Waals surface area contributed by atoms with E-state index in [1.807, 2.05) is 6.07 Å². The van der Waals surface area contributed by atoms with Gasteiger partial charge in [0.15, 0.2) is 0 Å². The lowest BCUT2D eigenvalue weighted by Gasteiger charge is -2.21. The molecular formula is C14H14BrNOS. The Morgan fingerprint density at radius 3 is 3.17 bits per heavy atom. The van der Waals surface area contributed by atoms with Crippen LogP contribution in [-0.2, 0) is 13.0 Å². The summed E-state index contributed by atoms with van der Waals surface area (Å²) in [4.78, 5) is 0. The summed E-state index contributed by atoms with van der Waals surface area (Å²) in [6.45, 7) is 1.66. The Kier molecular flexibility index (Phi) is 3.57. The van der Waals surface area contributed by atoms with E-state index in [0.717, 1.165) is 22.5 Å². The van der Waals surface area contributed by atoms with Gasteiger partial charge in [-0.15, -0.1) is 11.3 Å². The highest BCUT2D eigenvalue weighted by Gasteiger charge is 2.13. The van der Waals surface area contributed by atoms with Crippen LogP contribution in [-0.4, -0.2) is 6.54 Å². The van der Waals surface area contributed by atoms with Crippen LogP contribution >= 0.6 is 27.3 Å². The van der Waals surface area contributed by atoms with Crippen LogP contribution in [0.4, 0.5) is 5.69 Å². The van der Waals surface area contributed by atoms with Gasteiger partial charge in [-0.25, -0.2) is 0 Å². The van der Waals surface area contributed by atoms with Crippen molar-refractivity contribution in [3.63, 3.8) is 0 Å². The number of nitrogens with one attached hydrogen (secondary N) is 1. The molecule has 0 saturated heterocycles. The summed E-state index contributed by atoms with van der Waals surface area (Å²) in [7, 11) is 0. The number of halogens is 1. The zero-order chi connectivity index (χ0) is 12.4. The smallest absolute Gasteiger partial charge is 0.143 e. The summed E-state index contributed by atoms with van der Waals surface area (Å²) >= 11 is 5.16. The van der Waals surface area contributed by atoms with Gasteiger partial charge in [0.1, 0.15) is 12.4 Å². The highest BCUT2D eigenvalue weighted by molar-refractivity contribution is 9.11. The van der Waals surface area contributed by atoms with E-state index in [1.54, 1.807) is 11.3 Å². The molecule has 18 heavy (non-hydrogen) atoms. The number of para-hydroxylation sites is 1. The number of hydrogen-bond acceptors (Lipinski definition) is 3. The third kappa shape index (κ3) is 2.54. The minimum Gasteiger partial charge on any atom is -0.487 e. The van der Waals surface area contributed by atoms with Gasteiger partial charge in [0.2, 0.25) is 0 Å². The molecule has 1 aliphatic heterocycles. The van der Waals surface area contributed by atoms with Crippen LogP contribution in [0.15, 0.2) is 33.4 Å². The second-order valence-corrected chi connectivity index (χ2v) is 6.66. The van der Waals surface area contributed by atoms with Crippen molar-refractivity contribution in [3.05, 3.63) is 44.6 Å². The Morgan fingerprint density at radius 2 is 2.33 bits per heavy atom. The zero-order valence-electron chi connectivity index (χ0n) is 9.91. The summed E-state index contributed by atoms with van der Waals surface area (Å²) < 4.78 is 7.07. The molecule has 0 radical (unpaired) electrons. The number of hydrogen-bond donors (Lipinski definition) is 1. The molecule has 0 spiro atoms. The quantitative estimate of drug-likeness (QED) is 0.901. The Balaban J connectivity index is 1.76. The van der Waals surface area contributed by atoms with E-state index in [0.29, 0.717) is 6.61 Å². The maximum atomic E-state index is 5.93. The van der Waals surface area contributed by atoms with E-state index >= 15 is 0 Å². The molecule has 4 heteroatoms. The highest BCUT2D eigenvalue weighted by Crippen LogP contribution is 2.32. The van der Waals surface area contributed by atoms with Crippen LogP contribution in [0.3, 0.4) is 0 Å². The number of anilines is 1. The van der Waals surface area contributed by atoms with Crippen molar-refractivity contribution in [1.82, 2.24) is 0 Å². The van der Waals surface area contributed by atoms with Crippen molar-refractivity contribution in [2.45, 2.75) is 19.4 Å². The first-order chi connectivity index (χ1) is 8.83. The Hall–Kier alpha value is -1.00. The first-order valence-electron chi connectivity index (χ1n) is 6.04. The lowest BCUT2D eigenvalue weighted by molar-refractivity contribution is 0.307. The third-order valence-electron chi connectivity index (χ3n) is 3.05. The number of rotatable bonds is 3. The van der Waals surface area contributed by atoms with Gasteiger partial charge in [-0.1, -0.05) is 12.1 Å². The largest absolute Gasteiger partial charge is 0.487 e. The van der Waals surface area contributed by atoms with Gasteiger partial charge < -0.3 is 10.1 Å². The second kappa shape index (κ2) is 5.33. The van der Waals surface area contributed by atoms with Crippen LogP contribution in [0.1, 0.15) is 17.5 Å². The molecule has 0 amide bonds. The molecule has 0 atom stereocenters. The molecule has 2 aromatic rings. The van der Waals surface area contributed by atoms with Gasteiger partial charge in [0.05, 0.1) is 9.47 Å². The van der Waals surface area contributed by atoms with Crippen molar-refractivity contribution in [1.29, 1.82) is 0 Å². The first-order valence-corrected chi connectivity index (χ1v) is 7.71. The lowest BCUT2D eigenvalue weighted by Crippen LogP contribution is -2.13. The molecule has 2 heterocycles. The maximum absolute atomic E-state index is 5.93. The number of aryl methyl sites for hydroxylation is 1. The molecule has 1 N–H and O–H groups in total. The van der Waals surface area contributed by atoms with Crippen molar-refractivity contribution in [3.8, 4) is 5.75 Å². The molecule has 94 valence electrons. The van der Waals surface area contributed by atoms with Crippen molar-refractivity contribution < 1.29 is 4.74 Å². The van der Waals surface area contributed by atoms with E-state index in [2.05, 4.69) is 44.8 Å². The normalized spacial score (nSPS) is 13.8. The molecule has 0 unspecified atom stereocenters. The van der Waals surface area contributed by atoms with Gasteiger partial charge in [0, 0.05) is 12.1 Å². The van der Waals surface area contributed by atoms with Gasteiger partial charge in [-0.3, -0.25) is 0 Å². The van der Waals surface area contributed by atoms with E-state index < -0.39 is 0 Å². The summed E-state index contributed by atoms with van der Waals surface area (Å²) in [5, 5.41) is 5.56. The van der Waals surface area contributed by atoms with Crippen molar-refractivity contribution in [2.24, 2.45) is 0 Å². The molecule has 2 nitrogen and oxygen atoms in total. The first kappa shape index (κ1) is 12.1. The predicted molar refractivity (Wildman–Crippen MR) is 79.6 cm³/mol. The monoisotopic (exact) mass is 323 g/mol. The number of benzene rings is 1. The zero-order valence-corrected chi connectivity index (χ0v) is 12.3. The fourth-order valence-electron chi connectivity index (χ4n) is 2.18. The fraction of sp³-hybridized carbons (Fsp3) is 0.286. The summed E-state index contributed by atoms with van der Waals surface area (Å²) in [6.07, 6.45) is 2.34. The van der Waals surface area contributed by atoms with E-state index in [-0.39, 0.29) is 0 Å². The molecule has 1 aromatic heterocycles. The molecule has 0 aliphatic carbocycles. The standard InChI is InChI=1S/C14H14BrNOS/c15-13-7-10(9-18-13)8-17-12-5-1-3-11-4-2-6-16-14(11)12/h1,3,5,7,9,16H,2,4,6,8H2. The third-order valence-corrected chi connectivity index (χ3v) is 4.61. The minimum absolute atomic E-state index is 0.625. The lowest BCUT2D eigenvalue weighted by atomic mass is 10.0. The van der Waals surface area contributed by atoms with Crippen LogP contribution in [0.5, 0.6) is 5.75 Å². The summed E-state index contributed by atoms with van der Waals surface area (Å²) in [5.41, 5.74) is 3.75. The Bertz CT molecular complexity index is 552. The van der Waals surface area contributed by atoms with Gasteiger partial charge in [0.25, 0.3) is 0 Å². The SMILES string of the molecule is Brc1cc(COc2cccc3c2NCCC3)cs1. The minimum atomic E-state index is 0.625. The summed E-state index contributed by atoms with van der Waals surface area (Å²) in [5.74, 6) is 0.967. The van der Waals surface area contributed by atoms with Gasteiger partial charge in [-0.2, -0.15) is 0 Å². The Labute approximate surface area is 119 Å². The van der Waals surface area contributed by atoms with E-state index in [1.165, 1.54) is 23.2 Å². The molecule has 3 rings (SSSR count). The summed E-state index contributed by atoms with van der Waals surface area (Å²) in [6, 6.07) is 8.40. The molecule has 0 fully saturated rings. The molecule has 0 saturated carbocycles. The number of ether oxygens (including phenoxy) is 1. The van der Waals surface area contributed by atoms with Crippen LogP contribution < -0.4 is 10.1 Å². The second-order valence-electron chi connectivity index (χ2n) is 4.37. The van der Waals surface area contributed by atoms with Crippen molar-refractivity contribution in [2.75, 3.05) is 11.9 Å². The Morgan fingerprint density at radius 1 is 1.39 bits per heavy atom. The molecule has 1 aliphatic rings. The highest BCUT2D eigenvalue weighted by atomic mass is 79.9. The molecular weight excluding hydrogens is 310 g/mol. The van der Waals surface area contributed by atoms with Crippen molar-refractivity contribution >= 4 is 33.0 Å². The predicted octanol–water partition coefficient (Wildman–Crippen LogP) is 4.45.